The van der Waals surface area contributed by atoms with Crippen LogP contribution >= 0.6 is 0 Å². The molecule has 0 bridgehead atoms. The topological polar surface area (TPSA) is 55.0 Å². The van der Waals surface area contributed by atoms with Crippen LogP contribution in [-0.4, -0.2) is 22.1 Å². The molecule has 4 nitrogen and oxygen atoms in total. The van der Waals surface area contributed by atoms with Crippen molar-refractivity contribution >= 4 is 5.95 Å². The molecule has 2 rings (SSSR count). The molecule has 2 atom stereocenters. The van der Waals surface area contributed by atoms with Crippen LogP contribution in [0.5, 0.6) is 0 Å². The summed E-state index contributed by atoms with van der Waals surface area (Å²) in [6.45, 7) is 4.98. The third-order valence-corrected chi connectivity index (χ3v) is 3.42. The van der Waals surface area contributed by atoms with Gasteiger partial charge in [-0.1, -0.05) is 6.92 Å². The molecule has 2 heterocycles. The van der Waals surface area contributed by atoms with Crippen LogP contribution in [-0.2, 0) is 6.54 Å². The summed E-state index contributed by atoms with van der Waals surface area (Å²) in [6.07, 6.45) is 7.31. The first-order valence-electron chi connectivity index (χ1n) is 6.05. The lowest BCUT2D eigenvalue weighted by atomic mass is 10.2. The molecule has 1 aromatic heterocycles. The standard InChI is InChI=1S/C12H20N4/c1-3-11-5-4-9(2)16(11)12-14-7-10(6-13)8-15-12/h7-9,11H,3-6,13H2,1-2H3. The Morgan fingerprint density at radius 1 is 1.38 bits per heavy atom. The molecular weight excluding hydrogens is 200 g/mol. The Morgan fingerprint density at radius 2 is 2.06 bits per heavy atom. The summed E-state index contributed by atoms with van der Waals surface area (Å²) in [5.74, 6) is 0.856. The zero-order valence-electron chi connectivity index (χ0n) is 10.1. The fraction of sp³-hybridized carbons (Fsp3) is 0.667. The molecule has 0 aromatic carbocycles. The zero-order valence-corrected chi connectivity index (χ0v) is 10.1. The van der Waals surface area contributed by atoms with Crippen LogP contribution in [0.1, 0.15) is 38.7 Å². The van der Waals surface area contributed by atoms with Crippen LogP contribution < -0.4 is 10.6 Å². The van der Waals surface area contributed by atoms with E-state index >= 15 is 0 Å². The highest BCUT2D eigenvalue weighted by Crippen LogP contribution is 2.29. The Labute approximate surface area is 96.9 Å². The lowest BCUT2D eigenvalue weighted by molar-refractivity contribution is 0.612. The van der Waals surface area contributed by atoms with E-state index in [2.05, 4.69) is 28.7 Å². The molecule has 0 radical (unpaired) electrons. The van der Waals surface area contributed by atoms with Gasteiger partial charge in [-0.25, -0.2) is 9.97 Å². The summed E-state index contributed by atoms with van der Waals surface area (Å²) in [7, 11) is 0. The summed E-state index contributed by atoms with van der Waals surface area (Å²) in [5, 5.41) is 0. The average Bonchev–Trinajstić information content (AvgIpc) is 2.70. The largest absolute Gasteiger partial charge is 0.335 e. The van der Waals surface area contributed by atoms with Gasteiger partial charge in [-0.05, 0) is 26.2 Å². The van der Waals surface area contributed by atoms with Crippen molar-refractivity contribution in [2.24, 2.45) is 5.73 Å². The van der Waals surface area contributed by atoms with Crippen molar-refractivity contribution < 1.29 is 0 Å². The maximum Gasteiger partial charge on any atom is 0.225 e. The highest BCUT2D eigenvalue weighted by molar-refractivity contribution is 5.35. The van der Waals surface area contributed by atoms with Gasteiger partial charge in [-0.2, -0.15) is 0 Å². The van der Waals surface area contributed by atoms with E-state index in [0.717, 1.165) is 17.9 Å². The molecule has 0 aliphatic carbocycles. The van der Waals surface area contributed by atoms with Crippen molar-refractivity contribution in [2.45, 2.75) is 51.7 Å². The smallest absolute Gasteiger partial charge is 0.225 e. The summed E-state index contributed by atoms with van der Waals surface area (Å²) < 4.78 is 0. The third kappa shape index (κ3) is 2.02. The molecular formula is C12H20N4. The van der Waals surface area contributed by atoms with E-state index in [9.17, 15) is 0 Å². The second kappa shape index (κ2) is 4.78. The molecule has 88 valence electrons. The lowest BCUT2D eigenvalue weighted by Crippen LogP contribution is -2.35. The number of nitrogens with zero attached hydrogens (tertiary/aromatic N) is 3. The van der Waals surface area contributed by atoms with Crippen molar-refractivity contribution in [1.82, 2.24) is 9.97 Å². The van der Waals surface area contributed by atoms with Crippen molar-refractivity contribution in [1.29, 1.82) is 0 Å². The molecule has 0 spiro atoms. The minimum atomic E-state index is 0.507. The lowest BCUT2D eigenvalue weighted by Gasteiger charge is -2.27. The normalized spacial score (nSPS) is 25.1. The summed E-state index contributed by atoms with van der Waals surface area (Å²) in [5.41, 5.74) is 6.53. The molecule has 2 N–H and O–H groups in total. The monoisotopic (exact) mass is 220 g/mol. The SMILES string of the molecule is CCC1CCC(C)N1c1ncc(CN)cn1. The predicted molar refractivity (Wildman–Crippen MR) is 65.2 cm³/mol. The van der Waals surface area contributed by atoms with Gasteiger partial charge in [0.25, 0.3) is 0 Å². The van der Waals surface area contributed by atoms with Crippen molar-refractivity contribution in [2.75, 3.05) is 4.90 Å². The van der Waals surface area contributed by atoms with Gasteiger partial charge >= 0.3 is 0 Å². The van der Waals surface area contributed by atoms with Crippen LogP contribution in [0.25, 0.3) is 0 Å². The van der Waals surface area contributed by atoms with Gasteiger partial charge in [0.15, 0.2) is 0 Å². The van der Waals surface area contributed by atoms with E-state index < -0.39 is 0 Å². The summed E-state index contributed by atoms with van der Waals surface area (Å²) in [4.78, 5) is 11.2. The van der Waals surface area contributed by atoms with Gasteiger partial charge in [-0.3, -0.25) is 0 Å². The molecule has 1 aliphatic rings. The quantitative estimate of drug-likeness (QED) is 0.842. The van der Waals surface area contributed by atoms with E-state index in [0.29, 0.717) is 18.6 Å². The van der Waals surface area contributed by atoms with Crippen LogP contribution in [0.4, 0.5) is 5.95 Å². The fourth-order valence-corrected chi connectivity index (χ4v) is 2.42. The molecule has 0 saturated carbocycles. The van der Waals surface area contributed by atoms with Crippen LogP contribution in [0, 0.1) is 0 Å². The van der Waals surface area contributed by atoms with Gasteiger partial charge < -0.3 is 10.6 Å². The van der Waals surface area contributed by atoms with Gasteiger partial charge in [0.05, 0.1) is 0 Å². The first-order valence-corrected chi connectivity index (χ1v) is 6.05. The highest BCUT2D eigenvalue weighted by atomic mass is 15.3. The molecule has 0 amide bonds. The van der Waals surface area contributed by atoms with Crippen LogP contribution in [0.3, 0.4) is 0 Å². The van der Waals surface area contributed by atoms with Crippen molar-refractivity contribution in [3.8, 4) is 0 Å². The number of rotatable bonds is 3. The first kappa shape index (κ1) is 11.3. The van der Waals surface area contributed by atoms with E-state index in [1.165, 1.54) is 12.8 Å². The van der Waals surface area contributed by atoms with E-state index in [4.69, 9.17) is 5.73 Å². The molecule has 1 fully saturated rings. The number of anilines is 1. The first-order chi connectivity index (χ1) is 7.76. The fourth-order valence-electron chi connectivity index (χ4n) is 2.42. The van der Waals surface area contributed by atoms with Crippen molar-refractivity contribution in [3.63, 3.8) is 0 Å². The maximum absolute atomic E-state index is 5.54. The van der Waals surface area contributed by atoms with Gasteiger partial charge in [-0.15, -0.1) is 0 Å². The number of nitrogens with two attached hydrogens (primary N) is 1. The van der Waals surface area contributed by atoms with E-state index in [1.54, 1.807) is 0 Å². The minimum absolute atomic E-state index is 0.507. The summed E-state index contributed by atoms with van der Waals surface area (Å²) >= 11 is 0. The van der Waals surface area contributed by atoms with Crippen molar-refractivity contribution in [3.05, 3.63) is 18.0 Å². The Bertz CT molecular complexity index is 335. The van der Waals surface area contributed by atoms with Crippen LogP contribution in [0.15, 0.2) is 12.4 Å². The molecule has 4 heteroatoms. The van der Waals surface area contributed by atoms with E-state index in [-0.39, 0.29) is 0 Å². The molecule has 1 aromatic rings. The molecule has 16 heavy (non-hydrogen) atoms. The second-order valence-electron chi connectivity index (χ2n) is 4.49. The molecule has 1 saturated heterocycles. The van der Waals surface area contributed by atoms with Gasteiger partial charge in [0.2, 0.25) is 5.95 Å². The highest BCUT2D eigenvalue weighted by Gasteiger charge is 2.30. The summed E-state index contributed by atoms with van der Waals surface area (Å²) in [6, 6.07) is 1.15. The van der Waals surface area contributed by atoms with Gasteiger partial charge in [0.1, 0.15) is 0 Å². The zero-order chi connectivity index (χ0) is 11.5. The maximum atomic E-state index is 5.54. The van der Waals surface area contributed by atoms with Gasteiger partial charge in [0, 0.05) is 36.6 Å². The Morgan fingerprint density at radius 3 is 2.62 bits per heavy atom. The number of hydrogen-bond acceptors (Lipinski definition) is 4. The second-order valence-corrected chi connectivity index (χ2v) is 4.49. The predicted octanol–water partition coefficient (Wildman–Crippen LogP) is 1.70. The molecule has 2 unspecified atom stereocenters. The van der Waals surface area contributed by atoms with Crippen LogP contribution in [0.2, 0.25) is 0 Å². The number of hydrogen-bond donors (Lipinski definition) is 1. The Balaban J connectivity index is 2.21. The average molecular weight is 220 g/mol. The Hall–Kier alpha value is -1.16. The minimum Gasteiger partial charge on any atom is -0.335 e. The third-order valence-electron chi connectivity index (χ3n) is 3.42. The number of aromatic nitrogens is 2. The molecule has 1 aliphatic heterocycles. The van der Waals surface area contributed by atoms with E-state index in [1.807, 2.05) is 12.4 Å². The Kier molecular flexibility index (Phi) is 3.39.